The Morgan fingerprint density at radius 1 is 1.08 bits per heavy atom. The number of hydrogen-bond donors (Lipinski definition) is 2. The zero-order valence-corrected chi connectivity index (χ0v) is 21.7. The van der Waals surface area contributed by atoms with Gasteiger partial charge in [0, 0.05) is 48.1 Å². The number of nitrogen functional groups attached to an aromatic ring is 1. The molecule has 1 saturated heterocycles. The second-order valence-electron chi connectivity index (χ2n) is 9.47. The van der Waals surface area contributed by atoms with E-state index >= 15 is 0 Å². The lowest BCUT2D eigenvalue weighted by molar-refractivity contribution is -0.112. The van der Waals surface area contributed by atoms with Crippen molar-refractivity contribution < 1.29 is 14.3 Å². The number of anilines is 2. The number of likely N-dealkylation sites (tertiary alicyclic amines) is 1. The van der Waals surface area contributed by atoms with Crippen molar-refractivity contribution in [1.82, 2.24) is 19.4 Å². The molecule has 3 heterocycles. The summed E-state index contributed by atoms with van der Waals surface area (Å²) in [7, 11) is 3.51. The lowest BCUT2D eigenvalue weighted by atomic mass is 9.96. The summed E-state index contributed by atoms with van der Waals surface area (Å²) >= 11 is 0. The van der Waals surface area contributed by atoms with Crippen molar-refractivity contribution in [3.8, 4) is 28.1 Å². The zero-order chi connectivity index (χ0) is 27.0. The van der Waals surface area contributed by atoms with Crippen LogP contribution in [0.4, 0.5) is 11.5 Å². The molecule has 3 N–H and O–H groups in total. The lowest BCUT2D eigenvalue weighted by Gasteiger charge is -2.17. The van der Waals surface area contributed by atoms with Crippen LogP contribution >= 0.6 is 0 Å². The van der Waals surface area contributed by atoms with Gasteiger partial charge in [-0.2, -0.15) is 0 Å². The van der Waals surface area contributed by atoms with Crippen LogP contribution in [-0.2, 0) is 11.8 Å². The smallest absolute Gasteiger partial charge is 0.253 e. The SMILES string of the molecule is C=C(C)C(=O)Nc1ccc(-c2c(-c3ccc(C(=O)N4CCCC4)cc3OC)c3c(N)ncnc3n2C)cc1. The molecular formula is C29H30N6O3. The minimum absolute atomic E-state index is 0.000683. The number of fused-ring (bicyclic) bond motifs is 1. The third-order valence-electron chi connectivity index (χ3n) is 6.91. The van der Waals surface area contributed by atoms with Crippen LogP contribution in [0.5, 0.6) is 5.75 Å². The van der Waals surface area contributed by atoms with E-state index in [4.69, 9.17) is 10.5 Å². The van der Waals surface area contributed by atoms with Gasteiger partial charge < -0.3 is 25.3 Å². The number of methoxy groups -OCH3 is 1. The van der Waals surface area contributed by atoms with Crippen LogP contribution < -0.4 is 15.8 Å². The van der Waals surface area contributed by atoms with Crippen molar-refractivity contribution in [2.45, 2.75) is 19.8 Å². The first-order valence-electron chi connectivity index (χ1n) is 12.4. The Kier molecular flexibility index (Phi) is 6.59. The molecule has 2 aromatic carbocycles. The number of aryl methyl sites for hydroxylation is 1. The third-order valence-corrected chi connectivity index (χ3v) is 6.91. The average molecular weight is 511 g/mol. The van der Waals surface area contributed by atoms with E-state index in [1.807, 2.05) is 52.9 Å². The van der Waals surface area contributed by atoms with E-state index < -0.39 is 0 Å². The first-order chi connectivity index (χ1) is 18.3. The van der Waals surface area contributed by atoms with Gasteiger partial charge in [0.05, 0.1) is 18.2 Å². The fourth-order valence-corrected chi connectivity index (χ4v) is 4.96. The van der Waals surface area contributed by atoms with Crippen LogP contribution in [-0.4, -0.2) is 51.4 Å². The predicted molar refractivity (Wildman–Crippen MR) is 149 cm³/mol. The summed E-state index contributed by atoms with van der Waals surface area (Å²) in [6.45, 7) is 6.89. The maximum Gasteiger partial charge on any atom is 0.253 e. The normalized spacial score (nSPS) is 13.1. The van der Waals surface area contributed by atoms with Crippen molar-refractivity contribution in [1.29, 1.82) is 0 Å². The molecule has 1 aliphatic heterocycles. The van der Waals surface area contributed by atoms with Crippen LogP contribution in [0, 0.1) is 0 Å². The molecule has 194 valence electrons. The minimum Gasteiger partial charge on any atom is -0.496 e. The number of nitrogens with one attached hydrogen (secondary N) is 1. The van der Waals surface area contributed by atoms with Crippen LogP contribution in [0.3, 0.4) is 0 Å². The Morgan fingerprint density at radius 3 is 2.45 bits per heavy atom. The lowest BCUT2D eigenvalue weighted by Crippen LogP contribution is -2.27. The zero-order valence-electron chi connectivity index (χ0n) is 21.7. The molecule has 0 saturated carbocycles. The third kappa shape index (κ3) is 4.36. The number of ether oxygens (including phenoxy) is 1. The van der Waals surface area contributed by atoms with Gasteiger partial charge in [0.2, 0.25) is 0 Å². The Hall–Kier alpha value is -4.66. The first-order valence-corrected chi connectivity index (χ1v) is 12.4. The van der Waals surface area contributed by atoms with Crippen LogP contribution in [0.2, 0.25) is 0 Å². The quantitative estimate of drug-likeness (QED) is 0.365. The molecule has 0 bridgehead atoms. The fraction of sp³-hybridized carbons (Fsp3) is 0.241. The summed E-state index contributed by atoms with van der Waals surface area (Å²) in [6.07, 6.45) is 3.49. The molecule has 0 unspecified atom stereocenters. The van der Waals surface area contributed by atoms with E-state index in [1.54, 1.807) is 20.1 Å². The highest BCUT2D eigenvalue weighted by molar-refractivity contribution is 6.09. The van der Waals surface area contributed by atoms with Crippen molar-refractivity contribution in [3.63, 3.8) is 0 Å². The Labute approximate surface area is 220 Å². The Bertz CT molecular complexity index is 1570. The number of hydrogen-bond acceptors (Lipinski definition) is 6. The predicted octanol–water partition coefficient (Wildman–Crippen LogP) is 4.64. The largest absolute Gasteiger partial charge is 0.496 e. The summed E-state index contributed by atoms with van der Waals surface area (Å²) in [5.41, 5.74) is 12.0. The van der Waals surface area contributed by atoms with Crippen LogP contribution in [0.15, 0.2) is 60.9 Å². The molecule has 9 heteroatoms. The summed E-state index contributed by atoms with van der Waals surface area (Å²) in [5.74, 6) is 0.661. The second-order valence-corrected chi connectivity index (χ2v) is 9.47. The maximum absolute atomic E-state index is 13.1. The molecule has 9 nitrogen and oxygen atoms in total. The summed E-state index contributed by atoms with van der Waals surface area (Å²) in [4.78, 5) is 35.8. The maximum atomic E-state index is 13.1. The van der Waals surface area contributed by atoms with Gasteiger partial charge in [-0.25, -0.2) is 9.97 Å². The standard InChI is InChI=1S/C29H30N6O3/c1-17(2)28(36)33-20-10-7-18(8-11-20)25-23(24-26(30)31-16-32-27(24)34(25)3)21-12-9-19(15-22(21)38-4)29(37)35-13-5-6-14-35/h7-12,15-16H,1,5-6,13-14H2,2-4H3,(H,33,36)(H2,30,31,32). The number of aromatic nitrogens is 3. The Balaban J connectivity index is 1.66. The molecule has 2 amide bonds. The van der Waals surface area contributed by atoms with Gasteiger partial charge in [0.1, 0.15) is 23.5 Å². The van der Waals surface area contributed by atoms with Gasteiger partial charge in [-0.05, 0) is 55.7 Å². The van der Waals surface area contributed by atoms with Crippen molar-refractivity contribution in [3.05, 3.63) is 66.5 Å². The topological polar surface area (TPSA) is 115 Å². The average Bonchev–Trinajstić information content (AvgIpc) is 3.56. The number of nitrogens with two attached hydrogens (primary N) is 1. The summed E-state index contributed by atoms with van der Waals surface area (Å²) in [6, 6.07) is 13.0. The summed E-state index contributed by atoms with van der Waals surface area (Å²) < 4.78 is 7.78. The number of carbonyl (C=O) groups is 2. The van der Waals surface area contributed by atoms with Gasteiger partial charge in [0.15, 0.2) is 0 Å². The number of benzene rings is 2. The molecule has 1 fully saturated rings. The van der Waals surface area contributed by atoms with Crippen LogP contribution in [0.25, 0.3) is 33.4 Å². The van der Waals surface area contributed by atoms with Crippen molar-refractivity contribution >= 4 is 34.4 Å². The molecule has 5 rings (SSSR count). The highest BCUT2D eigenvalue weighted by atomic mass is 16.5. The molecule has 1 aliphatic rings. The van der Waals surface area contributed by atoms with E-state index in [0.717, 1.165) is 48.3 Å². The molecule has 0 aliphatic carbocycles. The number of amides is 2. The Morgan fingerprint density at radius 2 is 1.79 bits per heavy atom. The minimum atomic E-state index is -0.237. The van der Waals surface area contributed by atoms with Crippen molar-refractivity contribution in [2.75, 3.05) is 31.2 Å². The monoisotopic (exact) mass is 510 g/mol. The molecule has 4 aromatic rings. The number of carbonyl (C=O) groups excluding carboxylic acids is 2. The van der Waals surface area contributed by atoms with Gasteiger partial charge in [-0.15, -0.1) is 0 Å². The fourth-order valence-electron chi connectivity index (χ4n) is 4.96. The highest BCUT2D eigenvalue weighted by Crippen LogP contribution is 2.45. The van der Waals surface area contributed by atoms with Crippen LogP contribution in [0.1, 0.15) is 30.1 Å². The van der Waals surface area contributed by atoms with Crippen molar-refractivity contribution in [2.24, 2.45) is 7.05 Å². The molecule has 38 heavy (non-hydrogen) atoms. The second kappa shape index (κ2) is 10.0. The van der Waals surface area contributed by atoms with E-state index in [9.17, 15) is 9.59 Å². The molecule has 0 radical (unpaired) electrons. The number of nitrogens with zero attached hydrogens (tertiary/aromatic N) is 4. The van der Waals surface area contributed by atoms with E-state index in [2.05, 4.69) is 21.9 Å². The molecular weight excluding hydrogens is 480 g/mol. The summed E-state index contributed by atoms with van der Waals surface area (Å²) in [5, 5.41) is 3.53. The molecule has 0 atom stereocenters. The van der Waals surface area contributed by atoms with E-state index in [0.29, 0.717) is 39.4 Å². The number of rotatable bonds is 6. The van der Waals surface area contributed by atoms with Gasteiger partial charge in [-0.3, -0.25) is 9.59 Å². The van der Waals surface area contributed by atoms with E-state index in [1.165, 1.54) is 6.33 Å². The first kappa shape index (κ1) is 25.0. The van der Waals surface area contributed by atoms with E-state index in [-0.39, 0.29) is 11.8 Å². The molecule has 2 aromatic heterocycles. The van der Waals surface area contributed by atoms with Gasteiger partial charge >= 0.3 is 0 Å². The van der Waals surface area contributed by atoms with Gasteiger partial charge in [0.25, 0.3) is 11.8 Å². The molecule has 0 spiro atoms. The highest BCUT2D eigenvalue weighted by Gasteiger charge is 2.26. The van der Waals surface area contributed by atoms with Gasteiger partial charge in [-0.1, -0.05) is 18.7 Å².